The Labute approximate surface area is 773 Å². The molecule has 2 aromatic rings. The minimum atomic E-state index is -3.16. The average Bonchev–Trinajstić information content (AvgIpc) is 0.830. The van der Waals surface area contributed by atoms with Gasteiger partial charge in [0.1, 0.15) is 0 Å². The molecule has 1 amide bonds. The number of piperazine rings is 6. The van der Waals surface area contributed by atoms with Crippen molar-refractivity contribution in [2.75, 3.05) is 322 Å². The molecule has 33 nitrogen and oxygen atoms in total. The van der Waals surface area contributed by atoms with Crippen molar-refractivity contribution in [1.82, 2.24) is 24.9 Å². The van der Waals surface area contributed by atoms with E-state index >= 15 is 0 Å². The number of rotatable bonds is 56. The molecule has 8 rings (SSSR count). The molecular weight excluding hydrogens is 1730 g/mol. The van der Waals surface area contributed by atoms with Crippen LogP contribution >= 0.6 is 0 Å². The van der Waals surface area contributed by atoms with Gasteiger partial charge in [-0.3, -0.25) is 51.9 Å². The second kappa shape index (κ2) is 84.6. The van der Waals surface area contributed by atoms with Gasteiger partial charge in [-0.25, -0.2) is 4.57 Å². The fourth-order valence-corrected chi connectivity index (χ4v) is 13.2. The van der Waals surface area contributed by atoms with Crippen molar-refractivity contribution in [3.05, 3.63) is 66.0 Å². The summed E-state index contributed by atoms with van der Waals surface area (Å²) in [5, 5.41) is 37.0. The van der Waals surface area contributed by atoms with Gasteiger partial charge in [0.2, 0.25) is 0 Å². The van der Waals surface area contributed by atoms with Crippen molar-refractivity contribution in [2.45, 2.75) is 136 Å². The lowest BCUT2D eigenvalue weighted by atomic mass is 10.1. The van der Waals surface area contributed by atoms with Gasteiger partial charge in [-0.2, -0.15) is 16.8 Å². The van der Waals surface area contributed by atoms with E-state index in [0.717, 1.165) is 103 Å². The summed E-state index contributed by atoms with van der Waals surface area (Å²) in [7, 11) is 19.2. The van der Waals surface area contributed by atoms with Gasteiger partial charge in [-0.05, 0) is 115 Å². The number of carbonyl (C=O) groups excluding carboxylic acids is 1. The number of nitrogens with zero attached hydrogens (tertiary/aromatic N) is 9. The first kappa shape index (κ1) is 133. The number of aliphatic carboxylic acids is 4. The monoisotopic (exact) mass is 1900 g/mol. The van der Waals surface area contributed by atoms with Gasteiger partial charge in [0, 0.05) is 153 Å². The number of hydrogen-bond donors (Lipinski definition) is 5. The lowest BCUT2D eigenvalue weighted by Crippen LogP contribution is -3.00. The number of carbonyl (C=O) groups is 5. The number of quaternary nitrogens is 4. The molecule has 6 aliphatic heterocycles. The van der Waals surface area contributed by atoms with E-state index in [-0.39, 0.29) is 94.9 Å². The van der Waals surface area contributed by atoms with Gasteiger partial charge in [-0.15, -0.1) is 0 Å². The van der Waals surface area contributed by atoms with Crippen molar-refractivity contribution in [1.29, 1.82) is 0 Å². The normalized spacial score (nSPS) is 16.4. The maximum Gasteiger partial charge on any atom is 0.317 e. The topological polar surface area (TPSA) is 356 Å². The molecule has 0 saturated carbocycles. The molecule has 1 aromatic carbocycles. The summed E-state index contributed by atoms with van der Waals surface area (Å²) in [6, 6.07) is 14.6. The number of fused-ring (bicyclic) bond motifs is 6. The van der Waals surface area contributed by atoms with Crippen LogP contribution in [0.25, 0.3) is 0 Å². The van der Waals surface area contributed by atoms with Gasteiger partial charge in [0.05, 0.1) is 180 Å². The molecule has 6 fully saturated rings. The summed E-state index contributed by atoms with van der Waals surface area (Å²) < 4.78 is 93.9. The van der Waals surface area contributed by atoms with Gasteiger partial charge in [0.25, 0.3) is 26.1 Å². The van der Waals surface area contributed by atoms with Crippen molar-refractivity contribution in [3.63, 3.8) is 0 Å². The molecule has 7 heterocycles. The third kappa shape index (κ3) is 84.9. The third-order valence-corrected chi connectivity index (χ3v) is 21.8. The van der Waals surface area contributed by atoms with E-state index in [9.17, 15) is 40.8 Å². The van der Waals surface area contributed by atoms with E-state index in [2.05, 4.69) is 99.8 Å². The van der Waals surface area contributed by atoms with Crippen molar-refractivity contribution in [2.24, 2.45) is 0 Å². The molecule has 0 atom stereocenters. The Morgan fingerprint density at radius 1 is 0.427 bits per heavy atom. The second-order valence-electron chi connectivity index (χ2n) is 32.1. The van der Waals surface area contributed by atoms with Gasteiger partial charge in [-0.1, -0.05) is 50.1 Å². The molecule has 39 heteroatoms. The standard InChI is InChI=1S/C22H50N2O2.C14H16NO.C11H23N2O.C10H19NO5.C9H17N3O.C9H17NO6.C6H14O.2C2H6O3S.4ClH/c1-23(2,19-13-9-15-21-25-5)17-11-7-8-12-18-24(3,4)20-14-10-16-22-26-6;1-16-12-14-7-5-13(6-8-14)11-15-9-3-2-4-10-15;1-14-11-3-2-7-13-8-4-12(5-9-13)6-10-13;1-16-6-4-2-3-5-11(7-9(12)13)8-10(14)15;1-10-9(13)8-12-5-2-11(3-6-12)4-7-12;1-15-4-5-16-3-2-10(6-8(11)12)7-9(13)14;1-3-4-5-6-7-2;2*1-5-6(2,3)4;;;;/h7-22H2,1-6H3;2-10H,11-12H2,1H3;2-11H2,1H3;2-8H2,1H3,(H,12,13)(H,14,15);2-8H2,1H3;2-7H2,1H3,(H,11,12)(H,13,14);3-6H2,1-2H3;2*1-2H3;4*1H/q+2;2*+1;;;;;;;;;;/p-3. The third-order valence-electron chi connectivity index (χ3n) is 20.6. The Balaban J connectivity index is -0.000000255. The number of ether oxygens (including phenoxy) is 8. The second-order valence-corrected chi connectivity index (χ2v) is 35.6. The van der Waals surface area contributed by atoms with Crippen LogP contribution in [0.15, 0.2) is 54.9 Å². The molecule has 0 aliphatic carbocycles. The fraction of sp³-hybridized carbons (Fsp3) is 0.812. The maximum absolute atomic E-state index is 11.3. The number of carboxylic acid groups (broad SMARTS) is 4. The Morgan fingerprint density at radius 2 is 0.750 bits per heavy atom. The number of halogens is 4. The first-order chi connectivity index (χ1) is 56.9. The molecule has 0 unspecified atom stereocenters. The molecule has 736 valence electrons. The number of benzene rings is 1. The number of methoxy groups -OCH3 is 7. The van der Waals surface area contributed by atoms with Gasteiger partial charge in [0.15, 0.2) is 25.5 Å². The molecule has 4 bridgehead atoms. The van der Waals surface area contributed by atoms with Crippen molar-refractivity contribution >= 4 is 50.0 Å². The van der Waals surface area contributed by atoms with Crippen LogP contribution in [-0.2, 0) is 104 Å². The predicted molar refractivity (Wildman–Crippen MR) is 471 cm³/mol. The molecule has 1 aromatic heterocycles. The van der Waals surface area contributed by atoms with Crippen LogP contribution in [0.3, 0.4) is 0 Å². The molecule has 124 heavy (non-hydrogen) atoms. The molecule has 5 N–H and O–H groups in total. The SMILES string of the molecule is CCCCCOC.CNC(=O)C[N+]12CCN(CC1)CC2.COCCCCCN(CC(=O)O)CC(=O)O.COCCCCC[N+](C)(C)CCCCCC[N+](C)(C)CCCCCOC.COCCCC[N+]12CCN(CC1)CC2.COCCOCCN(CC(=O)O)CC(=O)O.COCc1ccc(C[n+]2ccccc2)cc1.COS(C)(=O)=O.COS(C)(=O)=O.[Cl-].[Cl-].[Cl-].[Cl-]. The number of amides is 1. The summed E-state index contributed by atoms with van der Waals surface area (Å²) in [6.45, 7) is 31.5. The predicted octanol–water partition coefficient (Wildman–Crippen LogP) is -5.64. The minimum Gasteiger partial charge on any atom is -1.00 e. The highest BCUT2D eigenvalue weighted by atomic mass is 35.5. The zero-order chi connectivity index (χ0) is 90.8. The molecule has 0 radical (unpaired) electrons. The Hall–Kier alpha value is -3.94. The van der Waals surface area contributed by atoms with Crippen LogP contribution in [0.4, 0.5) is 0 Å². The summed E-state index contributed by atoms with van der Waals surface area (Å²) in [4.78, 5) is 60.9. The van der Waals surface area contributed by atoms with Crippen molar-refractivity contribution < 1.29 is 180 Å². The van der Waals surface area contributed by atoms with E-state index in [1.165, 1.54) is 222 Å². The fourth-order valence-electron chi connectivity index (χ4n) is 13.2. The summed E-state index contributed by atoms with van der Waals surface area (Å²) in [5.41, 5.74) is 2.51. The lowest BCUT2D eigenvalue weighted by molar-refractivity contribution is -0.941. The zero-order valence-corrected chi connectivity index (χ0v) is 83.5. The number of likely N-dealkylation sites (N-methyl/N-ethyl adjacent to an activating group) is 1. The molecule has 0 spiro atoms. The number of nitrogens with one attached hydrogen (secondary N) is 1. The minimum absolute atomic E-state index is 0. The van der Waals surface area contributed by atoms with E-state index in [1.807, 2.05) is 18.2 Å². The molecule has 6 aliphatic rings. The largest absolute Gasteiger partial charge is 1.00 e. The smallest absolute Gasteiger partial charge is 0.317 e. The Morgan fingerprint density at radius 3 is 1.08 bits per heavy atom. The quantitative estimate of drug-likeness (QED) is 0.0178. The van der Waals surface area contributed by atoms with Gasteiger partial charge >= 0.3 is 23.9 Å². The van der Waals surface area contributed by atoms with Gasteiger partial charge < -0.3 is 131 Å². The number of hydrogen-bond acceptors (Lipinski definition) is 23. The number of unbranched alkanes of at least 4 members (excludes halogenated alkanes) is 12. The molecule has 6 saturated heterocycles. The summed E-state index contributed by atoms with van der Waals surface area (Å²) in [5.74, 6) is -3.93. The van der Waals surface area contributed by atoms with Crippen LogP contribution < -0.4 is 59.5 Å². The van der Waals surface area contributed by atoms with Crippen LogP contribution in [0.2, 0.25) is 0 Å². The van der Waals surface area contributed by atoms with Crippen LogP contribution in [-0.4, -0.2) is 426 Å². The summed E-state index contributed by atoms with van der Waals surface area (Å²) in [6.07, 6.45) is 28.3. The van der Waals surface area contributed by atoms with E-state index in [1.54, 1.807) is 56.8 Å². The number of aromatic nitrogens is 1. The Bertz CT molecular complexity index is 2890. The lowest BCUT2D eigenvalue weighted by Gasteiger charge is -2.50. The Kier molecular flexibility index (Phi) is 90.8. The van der Waals surface area contributed by atoms with Crippen LogP contribution in [0.1, 0.15) is 134 Å². The highest BCUT2D eigenvalue weighted by molar-refractivity contribution is 7.86. The first-order valence-electron chi connectivity index (χ1n) is 42.8. The van der Waals surface area contributed by atoms with Crippen molar-refractivity contribution in [3.8, 4) is 0 Å². The zero-order valence-electron chi connectivity index (χ0n) is 78.9. The number of pyridine rings is 1. The first-order valence-corrected chi connectivity index (χ1v) is 46.4. The van der Waals surface area contributed by atoms with E-state index in [4.69, 9.17) is 58.3 Å². The van der Waals surface area contributed by atoms with Crippen LogP contribution in [0, 0.1) is 0 Å². The number of carboxylic acids is 4. The average molecular weight is 1910 g/mol. The highest BCUT2D eigenvalue weighted by Gasteiger charge is 2.40. The maximum atomic E-state index is 11.3. The highest BCUT2D eigenvalue weighted by Crippen LogP contribution is 2.21. The summed E-state index contributed by atoms with van der Waals surface area (Å²) >= 11 is 0. The van der Waals surface area contributed by atoms with E-state index < -0.39 is 44.1 Å². The van der Waals surface area contributed by atoms with Crippen LogP contribution in [0.5, 0.6) is 0 Å². The van der Waals surface area contributed by atoms with E-state index in [0.29, 0.717) is 39.5 Å². The molecular formula is C85H169Cl4N10O23S2+.